The van der Waals surface area contributed by atoms with Crippen LogP contribution in [-0.2, 0) is 7.05 Å². The second-order valence-electron chi connectivity index (χ2n) is 7.58. The number of likely N-dealkylation sites (tertiary alicyclic amines) is 1. The van der Waals surface area contributed by atoms with Crippen molar-refractivity contribution >= 4 is 5.91 Å². The summed E-state index contributed by atoms with van der Waals surface area (Å²) in [6.07, 6.45) is 3.55. The first-order chi connectivity index (χ1) is 14.0. The highest BCUT2D eigenvalue weighted by atomic mass is 16.5. The zero-order valence-electron chi connectivity index (χ0n) is 17.3. The molecule has 0 N–H and O–H groups in total. The molecule has 0 aliphatic carbocycles. The summed E-state index contributed by atoms with van der Waals surface area (Å²) in [7, 11) is 3.53. The minimum atomic E-state index is -0.0219. The van der Waals surface area contributed by atoms with Gasteiger partial charge in [0.25, 0.3) is 5.91 Å². The third-order valence-electron chi connectivity index (χ3n) is 5.70. The van der Waals surface area contributed by atoms with Crippen LogP contribution < -0.4 is 4.74 Å². The van der Waals surface area contributed by atoms with Gasteiger partial charge in [0.2, 0.25) is 0 Å². The van der Waals surface area contributed by atoms with Crippen molar-refractivity contribution in [3.8, 4) is 16.9 Å². The number of amides is 1. The van der Waals surface area contributed by atoms with E-state index in [1.54, 1.807) is 18.0 Å². The van der Waals surface area contributed by atoms with Crippen LogP contribution in [0.3, 0.4) is 0 Å². The number of aryl methyl sites for hydroxylation is 2. The third kappa shape index (κ3) is 3.62. The summed E-state index contributed by atoms with van der Waals surface area (Å²) >= 11 is 0. The first-order valence-electron chi connectivity index (χ1n) is 9.90. The Morgan fingerprint density at radius 2 is 2.00 bits per heavy atom. The number of hydrogen-bond donors (Lipinski definition) is 0. The molecule has 6 nitrogen and oxygen atoms in total. The molecule has 0 saturated carbocycles. The molecule has 150 valence electrons. The summed E-state index contributed by atoms with van der Waals surface area (Å²) in [4.78, 5) is 20.0. The Kier molecular flexibility index (Phi) is 5.09. The average Bonchev–Trinajstić information content (AvgIpc) is 3.35. The van der Waals surface area contributed by atoms with Crippen molar-refractivity contribution in [3.05, 3.63) is 65.2 Å². The van der Waals surface area contributed by atoms with Gasteiger partial charge in [-0.25, -0.2) is 0 Å². The molecule has 0 unspecified atom stereocenters. The highest BCUT2D eigenvalue weighted by Gasteiger charge is 2.33. The standard InChI is InChI=1S/C23H26N4O2/c1-15-11-18(17-7-5-8-19(12-17)29-4)13-21(25-15)22-9-6-10-27(22)23(28)20-14-24-26(3)16(20)2/h5,7-8,11-14,22H,6,9-10H2,1-4H3/t22-/m0/s1. The number of carbonyl (C=O) groups excluding carboxylic acids is 1. The Hall–Kier alpha value is -3.15. The van der Waals surface area contributed by atoms with Crippen molar-refractivity contribution < 1.29 is 9.53 Å². The first-order valence-corrected chi connectivity index (χ1v) is 9.90. The summed E-state index contributed by atoms with van der Waals surface area (Å²) < 4.78 is 7.11. The summed E-state index contributed by atoms with van der Waals surface area (Å²) in [5.74, 6) is 0.854. The maximum absolute atomic E-state index is 13.2. The Bertz CT molecular complexity index is 1060. The van der Waals surface area contributed by atoms with Gasteiger partial charge in [-0.3, -0.25) is 14.5 Å². The maximum Gasteiger partial charge on any atom is 0.257 e. The molecule has 29 heavy (non-hydrogen) atoms. The fourth-order valence-corrected chi connectivity index (χ4v) is 4.01. The smallest absolute Gasteiger partial charge is 0.257 e. The molecule has 2 aromatic heterocycles. The van der Waals surface area contributed by atoms with Gasteiger partial charge in [0, 0.05) is 25.0 Å². The van der Waals surface area contributed by atoms with Gasteiger partial charge in [0.05, 0.1) is 30.6 Å². The predicted molar refractivity (Wildman–Crippen MR) is 112 cm³/mol. The number of aromatic nitrogens is 3. The van der Waals surface area contributed by atoms with E-state index in [1.165, 1.54) is 0 Å². The number of pyridine rings is 1. The van der Waals surface area contributed by atoms with Crippen LogP contribution in [0.2, 0.25) is 0 Å². The van der Waals surface area contributed by atoms with Gasteiger partial charge in [-0.15, -0.1) is 0 Å². The third-order valence-corrected chi connectivity index (χ3v) is 5.70. The van der Waals surface area contributed by atoms with E-state index in [1.807, 2.05) is 44.0 Å². The normalized spacial score (nSPS) is 16.3. The zero-order valence-corrected chi connectivity index (χ0v) is 17.3. The molecule has 0 bridgehead atoms. The number of rotatable bonds is 4. The highest BCUT2D eigenvalue weighted by molar-refractivity contribution is 5.95. The lowest BCUT2D eigenvalue weighted by Crippen LogP contribution is -2.31. The van der Waals surface area contributed by atoms with Crippen LogP contribution in [0.4, 0.5) is 0 Å². The maximum atomic E-state index is 13.2. The van der Waals surface area contributed by atoms with E-state index in [9.17, 15) is 4.79 Å². The molecule has 1 aliphatic heterocycles. The van der Waals surface area contributed by atoms with Crippen molar-refractivity contribution in [2.24, 2.45) is 7.05 Å². The molecule has 1 aromatic carbocycles. The van der Waals surface area contributed by atoms with Crippen molar-refractivity contribution in [1.82, 2.24) is 19.7 Å². The number of methoxy groups -OCH3 is 1. The number of hydrogen-bond acceptors (Lipinski definition) is 4. The van der Waals surface area contributed by atoms with Crippen LogP contribution in [0.15, 0.2) is 42.6 Å². The quantitative estimate of drug-likeness (QED) is 0.673. The lowest BCUT2D eigenvalue weighted by atomic mass is 10.0. The van der Waals surface area contributed by atoms with Crippen molar-refractivity contribution in [2.45, 2.75) is 32.7 Å². The van der Waals surface area contributed by atoms with E-state index in [2.05, 4.69) is 23.3 Å². The molecule has 4 rings (SSSR count). The average molecular weight is 390 g/mol. The SMILES string of the molecule is COc1cccc(-c2cc(C)nc([C@@H]3CCCN3C(=O)c3cnn(C)c3C)c2)c1. The van der Waals surface area contributed by atoms with E-state index >= 15 is 0 Å². The fraction of sp³-hybridized carbons (Fsp3) is 0.348. The van der Waals surface area contributed by atoms with Crippen LogP contribution in [-0.4, -0.2) is 39.2 Å². The molecule has 0 spiro atoms. The molecule has 1 aliphatic rings. The Morgan fingerprint density at radius 1 is 1.17 bits per heavy atom. The largest absolute Gasteiger partial charge is 0.497 e. The molecule has 0 radical (unpaired) electrons. The van der Waals surface area contributed by atoms with Gasteiger partial charge in [-0.05, 0) is 62.1 Å². The lowest BCUT2D eigenvalue weighted by molar-refractivity contribution is 0.0732. The topological polar surface area (TPSA) is 60.2 Å². The Morgan fingerprint density at radius 3 is 2.72 bits per heavy atom. The van der Waals surface area contributed by atoms with E-state index < -0.39 is 0 Å². The van der Waals surface area contributed by atoms with Crippen LogP contribution in [0.5, 0.6) is 5.75 Å². The van der Waals surface area contributed by atoms with Crippen LogP contribution in [0.1, 0.15) is 46.3 Å². The van der Waals surface area contributed by atoms with E-state index in [-0.39, 0.29) is 11.9 Å². The summed E-state index contributed by atoms with van der Waals surface area (Å²) in [6, 6.07) is 12.2. The minimum absolute atomic E-state index is 0.0219. The van der Waals surface area contributed by atoms with Gasteiger partial charge in [0.15, 0.2) is 0 Å². The van der Waals surface area contributed by atoms with Gasteiger partial charge < -0.3 is 9.64 Å². The molecule has 6 heteroatoms. The Labute approximate surface area is 171 Å². The molecule has 3 aromatic rings. The molecule has 1 saturated heterocycles. The predicted octanol–water partition coefficient (Wildman–Crippen LogP) is 4.08. The van der Waals surface area contributed by atoms with Gasteiger partial charge in [-0.2, -0.15) is 5.10 Å². The van der Waals surface area contributed by atoms with Crippen molar-refractivity contribution in [2.75, 3.05) is 13.7 Å². The Balaban J connectivity index is 1.69. The van der Waals surface area contributed by atoms with Crippen LogP contribution in [0, 0.1) is 13.8 Å². The first kappa shape index (κ1) is 19.2. The second kappa shape index (κ2) is 7.70. The van der Waals surface area contributed by atoms with Gasteiger partial charge in [0.1, 0.15) is 5.75 Å². The summed E-state index contributed by atoms with van der Waals surface area (Å²) in [6.45, 7) is 4.67. The summed E-state index contributed by atoms with van der Waals surface area (Å²) in [5, 5.41) is 4.23. The summed E-state index contributed by atoms with van der Waals surface area (Å²) in [5.41, 5.74) is 5.60. The van der Waals surface area contributed by atoms with Crippen LogP contribution >= 0.6 is 0 Å². The van der Waals surface area contributed by atoms with Gasteiger partial charge >= 0.3 is 0 Å². The molecular formula is C23H26N4O2. The molecular weight excluding hydrogens is 364 g/mol. The van der Waals surface area contributed by atoms with Crippen molar-refractivity contribution in [1.29, 1.82) is 0 Å². The number of carbonyl (C=O) groups is 1. The number of nitrogens with zero attached hydrogens (tertiary/aromatic N) is 4. The molecule has 1 atom stereocenters. The monoisotopic (exact) mass is 390 g/mol. The fourth-order valence-electron chi connectivity index (χ4n) is 4.01. The number of ether oxygens (including phenoxy) is 1. The van der Waals surface area contributed by atoms with Gasteiger partial charge in [-0.1, -0.05) is 12.1 Å². The molecule has 1 fully saturated rings. The molecule has 3 heterocycles. The van der Waals surface area contributed by atoms with Crippen molar-refractivity contribution in [3.63, 3.8) is 0 Å². The van der Waals surface area contributed by atoms with E-state index in [0.717, 1.165) is 53.3 Å². The van der Waals surface area contributed by atoms with Crippen LogP contribution in [0.25, 0.3) is 11.1 Å². The minimum Gasteiger partial charge on any atom is -0.497 e. The lowest BCUT2D eigenvalue weighted by Gasteiger charge is -2.25. The zero-order chi connectivity index (χ0) is 20.5. The molecule has 1 amide bonds. The van der Waals surface area contributed by atoms with E-state index in [4.69, 9.17) is 9.72 Å². The highest BCUT2D eigenvalue weighted by Crippen LogP contribution is 2.35. The van der Waals surface area contributed by atoms with E-state index in [0.29, 0.717) is 5.56 Å². The number of benzene rings is 1. The second-order valence-corrected chi connectivity index (χ2v) is 7.58.